The van der Waals surface area contributed by atoms with E-state index in [0.717, 1.165) is 36.6 Å². The summed E-state index contributed by atoms with van der Waals surface area (Å²) in [5, 5.41) is 8.36. The zero-order valence-corrected chi connectivity index (χ0v) is 16.1. The third-order valence-corrected chi connectivity index (χ3v) is 6.23. The maximum absolute atomic E-state index is 12.3. The minimum Gasteiger partial charge on any atom is -0.348 e. The standard InChI is InChI=1S/C19H23N5OS/c1-12-4-5-13(2)17-16(12)21-19(26-17)24-10-6-14(7-11-24)20-18(25)15-8-9-23(3)22-15/h4-5,8-9,14H,6-7,10-11H2,1-3H3,(H,20,25). The summed E-state index contributed by atoms with van der Waals surface area (Å²) in [6, 6.07) is 6.24. The van der Waals surface area contributed by atoms with Crippen LogP contribution in [0.3, 0.4) is 0 Å². The van der Waals surface area contributed by atoms with Gasteiger partial charge in [0.15, 0.2) is 5.13 Å². The number of hydrogen-bond acceptors (Lipinski definition) is 5. The van der Waals surface area contributed by atoms with Crippen molar-refractivity contribution in [1.29, 1.82) is 0 Å². The van der Waals surface area contributed by atoms with Crippen molar-refractivity contribution >= 4 is 32.6 Å². The van der Waals surface area contributed by atoms with Crippen LogP contribution in [-0.2, 0) is 7.05 Å². The lowest BCUT2D eigenvalue weighted by Gasteiger charge is -2.32. The highest BCUT2D eigenvalue weighted by Crippen LogP contribution is 2.34. The molecule has 2 aromatic heterocycles. The lowest BCUT2D eigenvalue weighted by Crippen LogP contribution is -2.44. The average molecular weight is 369 g/mol. The second-order valence-electron chi connectivity index (χ2n) is 6.98. The third kappa shape index (κ3) is 3.19. The van der Waals surface area contributed by atoms with E-state index in [2.05, 4.69) is 41.3 Å². The summed E-state index contributed by atoms with van der Waals surface area (Å²) in [4.78, 5) is 19.5. The molecule has 1 aromatic carbocycles. The number of amides is 1. The van der Waals surface area contributed by atoms with Crippen molar-refractivity contribution in [2.75, 3.05) is 18.0 Å². The van der Waals surface area contributed by atoms with Crippen LogP contribution in [0.4, 0.5) is 5.13 Å². The molecule has 3 heterocycles. The fourth-order valence-electron chi connectivity index (χ4n) is 3.39. The molecule has 4 rings (SSSR count). The third-order valence-electron chi connectivity index (χ3n) is 4.98. The predicted octanol–water partition coefficient (Wildman–Crippen LogP) is 3.05. The second-order valence-corrected chi connectivity index (χ2v) is 7.96. The summed E-state index contributed by atoms with van der Waals surface area (Å²) in [5.74, 6) is -0.0877. The van der Waals surface area contributed by atoms with E-state index in [0.29, 0.717) is 5.69 Å². The molecular formula is C19H23N5OS. The summed E-state index contributed by atoms with van der Waals surface area (Å²) < 4.78 is 2.93. The van der Waals surface area contributed by atoms with Gasteiger partial charge in [-0.1, -0.05) is 23.5 Å². The van der Waals surface area contributed by atoms with Crippen LogP contribution in [0.1, 0.15) is 34.5 Å². The van der Waals surface area contributed by atoms with Gasteiger partial charge >= 0.3 is 0 Å². The number of anilines is 1. The molecule has 1 N–H and O–H groups in total. The molecule has 0 atom stereocenters. The van der Waals surface area contributed by atoms with Gasteiger partial charge in [0.1, 0.15) is 5.69 Å². The van der Waals surface area contributed by atoms with Crippen molar-refractivity contribution in [3.05, 3.63) is 41.2 Å². The van der Waals surface area contributed by atoms with Crippen LogP contribution in [0.5, 0.6) is 0 Å². The van der Waals surface area contributed by atoms with Crippen molar-refractivity contribution in [1.82, 2.24) is 20.1 Å². The molecule has 0 spiro atoms. The van der Waals surface area contributed by atoms with Crippen LogP contribution in [0, 0.1) is 13.8 Å². The Morgan fingerprint density at radius 3 is 2.58 bits per heavy atom. The molecule has 26 heavy (non-hydrogen) atoms. The molecule has 1 aliphatic rings. The first-order valence-electron chi connectivity index (χ1n) is 8.93. The zero-order valence-electron chi connectivity index (χ0n) is 15.3. The molecule has 0 radical (unpaired) electrons. The highest BCUT2D eigenvalue weighted by atomic mass is 32.1. The Bertz CT molecular complexity index is 913. The van der Waals surface area contributed by atoms with Crippen molar-refractivity contribution in [3.63, 3.8) is 0 Å². The van der Waals surface area contributed by atoms with Gasteiger partial charge in [-0.15, -0.1) is 0 Å². The molecule has 1 aliphatic heterocycles. The van der Waals surface area contributed by atoms with Gasteiger partial charge in [-0.05, 0) is 43.9 Å². The smallest absolute Gasteiger partial charge is 0.271 e. The molecular weight excluding hydrogens is 346 g/mol. The Balaban J connectivity index is 1.41. The summed E-state index contributed by atoms with van der Waals surface area (Å²) in [7, 11) is 1.82. The molecule has 0 aliphatic carbocycles. The Morgan fingerprint density at radius 1 is 1.19 bits per heavy atom. The molecule has 7 heteroatoms. The molecule has 6 nitrogen and oxygen atoms in total. The van der Waals surface area contributed by atoms with E-state index in [1.54, 1.807) is 28.3 Å². The van der Waals surface area contributed by atoms with Gasteiger partial charge in [0.2, 0.25) is 0 Å². The fourth-order valence-corrected chi connectivity index (χ4v) is 4.56. The van der Waals surface area contributed by atoms with Gasteiger partial charge in [-0.2, -0.15) is 5.10 Å². The van der Waals surface area contributed by atoms with Crippen LogP contribution >= 0.6 is 11.3 Å². The fraction of sp³-hybridized carbons (Fsp3) is 0.421. The van der Waals surface area contributed by atoms with Crippen molar-refractivity contribution in [3.8, 4) is 0 Å². The Labute approximate surface area is 156 Å². The number of piperidine rings is 1. The van der Waals surface area contributed by atoms with Crippen LogP contribution in [0.2, 0.25) is 0 Å². The zero-order chi connectivity index (χ0) is 18.3. The largest absolute Gasteiger partial charge is 0.348 e. The number of aromatic nitrogens is 3. The Morgan fingerprint density at radius 2 is 1.92 bits per heavy atom. The highest BCUT2D eigenvalue weighted by Gasteiger charge is 2.24. The minimum atomic E-state index is -0.0877. The second kappa shape index (κ2) is 6.72. The molecule has 1 fully saturated rings. The summed E-state index contributed by atoms with van der Waals surface area (Å²) in [6.45, 7) is 6.07. The molecule has 0 saturated carbocycles. The molecule has 1 amide bonds. The van der Waals surface area contributed by atoms with E-state index in [4.69, 9.17) is 4.98 Å². The van der Waals surface area contributed by atoms with Gasteiger partial charge in [-0.3, -0.25) is 9.48 Å². The minimum absolute atomic E-state index is 0.0877. The first-order chi connectivity index (χ1) is 12.5. The number of carbonyl (C=O) groups excluding carboxylic acids is 1. The summed E-state index contributed by atoms with van der Waals surface area (Å²) in [6.07, 6.45) is 3.63. The maximum Gasteiger partial charge on any atom is 0.271 e. The van der Waals surface area contributed by atoms with Crippen molar-refractivity contribution in [2.24, 2.45) is 7.05 Å². The first kappa shape index (κ1) is 17.0. The number of fused-ring (bicyclic) bond motifs is 1. The van der Waals surface area contributed by atoms with Gasteiger partial charge in [0.25, 0.3) is 5.91 Å². The van der Waals surface area contributed by atoms with Gasteiger partial charge in [0, 0.05) is 32.4 Å². The van der Waals surface area contributed by atoms with Crippen LogP contribution < -0.4 is 10.2 Å². The number of rotatable bonds is 3. The Hall–Kier alpha value is -2.41. The quantitative estimate of drug-likeness (QED) is 0.771. The number of thiazole rings is 1. The SMILES string of the molecule is Cc1ccc(C)c2sc(N3CCC(NC(=O)c4ccn(C)n4)CC3)nc12. The lowest BCUT2D eigenvalue weighted by molar-refractivity contribution is 0.0925. The van der Waals surface area contributed by atoms with Gasteiger partial charge in [0.05, 0.1) is 10.2 Å². The van der Waals surface area contributed by atoms with Gasteiger partial charge < -0.3 is 10.2 Å². The van der Waals surface area contributed by atoms with E-state index in [-0.39, 0.29) is 11.9 Å². The van der Waals surface area contributed by atoms with E-state index in [9.17, 15) is 4.79 Å². The molecule has 3 aromatic rings. The molecule has 136 valence electrons. The average Bonchev–Trinajstić information content (AvgIpc) is 3.26. The summed E-state index contributed by atoms with van der Waals surface area (Å²) in [5.41, 5.74) is 4.11. The first-order valence-corrected chi connectivity index (χ1v) is 9.75. The van der Waals surface area contributed by atoms with Gasteiger partial charge in [-0.25, -0.2) is 4.98 Å². The Kier molecular flexibility index (Phi) is 4.40. The normalized spacial score (nSPS) is 15.6. The van der Waals surface area contributed by atoms with E-state index >= 15 is 0 Å². The molecule has 0 unspecified atom stereocenters. The topological polar surface area (TPSA) is 63.1 Å². The summed E-state index contributed by atoms with van der Waals surface area (Å²) >= 11 is 1.77. The number of nitrogens with one attached hydrogen (secondary N) is 1. The monoisotopic (exact) mass is 369 g/mol. The number of benzene rings is 1. The van der Waals surface area contributed by atoms with Crippen LogP contribution in [-0.4, -0.2) is 39.8 Å². The number of aryl methyl sites for hydroxylation is 3. The maximum atomic E-state index is 12.3. The van der Waals surface area contributed by atoms with Crippen molar-refractivity contribution in [2.45, 2.75) is 32.7 Å². The lowest BCUT2D eigenvalue weighted by atomic mass is 10.1. The van der Waals surface area contributed by atoms with Crippen LogP contribution in [0.15, 0.2) is 24.4 Å². The van der Waals surface area contributed by atoms with E-state index in [1.807, 2.05) is 7.05 Å². The highest BCUT2D eigenvalue weighted by molar-refractivity contribution is 7.22. The van der Waals surface area contributed by atoms with E-state index in [1.165, 1.54) is 15.8 Å². The number of carbonyl (C=O) groups is 1. The predicted molar refractivity (Wildman–Crippen MR) is 105 cm³/mol. The van der Waals surface area contributed by atoms with Crippen LogP contribution in [0.25, 0.3) is 10.2 Å². The van der Waals surface area contributed by atoms with Crippen molar-refractivity contribution < 1.29 is 4.79 Å². The van der Waals surface area contributed by atoms with E-state index < -0.39 is 0 Å². The number of nitrogens with zero attached hydrogens (tertiary/aromatic N) is 4. The number of hydrogen-bond donors (Lipinski definition) is 1. The molecule has 0 bridgehead atoms. The molecule has 1 saturated heterocycles.